The van der Waals surface area contributed by atoms with Gasteiger partial charge in [-0.3, -0.25) is 4.90 Å². The number of rotatable bonds is 7. The molecule has 6 nitrogen and oxygen atoms in total. The number of fused-ring (bicyclic) bond motifs is 1. The quantitative estimate of drug-likeness (QED) is 0.389. The third-order valence-electron chi connectivity index (χ3n) is 7.93. The van der Waals surface area contributed by atoms with E-state index < -0.39 is 11.9 Å². The number of piperazine rings is 1. The Bertz CT molecular complexity index is 1240. The zero-order valence-corrected chi connectivity index (χ0v) is 22.2. The van der Waals surface area contributed by atoms with E-state index in [9.17, 15) is 18.0 Å². The first kappa shape index (κ1) is 27.2. The molecule has 1 N–H and O–H groups in total. The third-order valence-corrected chi connectivity index (χ3v) is 7.93. The largest absolute Gasteiger partial charge is 0.433 e. The second kappa shape index (κ2) is 12.2. The molecule has 0 radical (unpaired) electrons. The minimum Gasteiger partial charge on any atom is -0.368 e. The normalized spacial score (nSPS) is 17.5. The van der Waals surface area contributed by atoms with Gasteiger partial charge in [-0.05, 0) is 55.8 Å². The second-order valence-electron chi connectivity index (χ2n) is 10.5. The molecule has 2 saturated heterocycles. The predicted octanol–water partition coefficient (Wildman–Crippen LogP) is 5.75. The smallest absolute Gasteiger partial charge is 0.368 e. The Morgan fingerprint density at radius 2 is 1.59 bits per heavy atom. The lowest BCUT2D eigenvalue weighted by Gasteiger charge is -2.36. The summed E-state index contributed by atoms with van der Waals surface area (Å²) < 4.78 is 40.3. The van der Waals surface area contributed by atoms with Gasteiger partial charge in [-0.2, -0.15) is 13.2 Å². The number of alkyl halides is 3. The number of benzene rings is 2. The predicted molar refractivity (Wildman–Crippen MR) is 148 cm³/mol. The van der Waals surface area contributed by atoms with Crippen LogP contribution in [0.25, 0.3) is 10.9 Å². The highest BCUT2D eigenvalue weighted by Crippen LogP contribution is 2.35. The molecule has 3 heterocycles. The SMILES string of the molecule is O=C(NCCCCN1CCN(c2cc(C(F)(F)F)nc3ccccc23)CC1)N1CCC(c2ccccc2)CC1. The summed E-state index contributed by atoms with van der Waals surface area (Å²) in [4.78, 5) is 22.7. The number of amides is 2. The molecule has 2 fully saturated rings. The fraction of sp³-hybridized carbons (Fsp3) is 0.467. The van der Waals surface area contributed by atoms with Gasteiger partial charge in [-0.25, -0.2) is 9.78 Å². The minimum atomic E-state index is -4.48. The molecule has 0 saturated carbocycles. The lowest BCUT2D eigenvalue weighted by Crippen LogP contribution is -2.47. The number of aromatic nitrogens is 1. The highest BCUT2D eigenvalue weighted by Gasteiger charge is 2.34. The number of likely N-dealkylation sites (tertiary alicyclic amines) is 1. The molecule has 0 atom stereocenters. The molecule has 2 aromatic carbocycles. The number of urea groups is 1. The molecule has 0 spiro atoms. The van der Waals surface area contributed by atoms with Crippen molar-refractivity contribution >= 4 is 22.6 Å². The van der Waals surface area contributed by atoms with Crippen molar-refractivity contribution in [2.45, 2.75) is 37.8 Å². The van der Waals surface area contributed by atoms with E-state index in [0.717, 1.165) is 63.8 Å². The van der Waals surface area contributed by atoms with Crippen LogP contribution in [0.15, 0.2) is 60.7 Å². The molecular weight excluding hydrogens is 503 g/mol. The molecule has 2 aliphatic rings. The molecular formula is C30H36F3N5O. The summed E-state index contributed by atoms with van der Waals surface area (Å²) in [6, 6.07) is 18.8. The molecule has 5 rings (SSSR count). The molecule has 0 bridgehead atoms. The fourth-order valence-corrected chi connectivity index (χ4v) is 5.68. The van der Waals surface area contributed by atoms with Crippen LogP contribution in [0.3, 0.4) is 0 Å². The molecule has 2 amide bonds. The monoisotopic (exact) mass is 539 g/mol. The number of pyridine rings is 1. The van der Waals surface area contributed by atoms with Gasteiger partial charge < -0.3 is 15.1 Å². The molecule has 0 unspecified atom stereocenters. The average Bonchev–Trinajstić information content (AvgIpc) is 2.97. The summed E-state index contributed by atoms with van der Waals surface area (Å²) in [6.07, 6.45) is -0.621. The number of hydrogen-bond donors (Lipinski definition) is 1. The summed E-state index contributed by atoms with van der Waals surface area (Å²) in [5.41, 5.74) is 1.48. The Kier molecular flexibility index (Phi) is 8.55. The van der Waals surface area contributed by atoms with Gasteiger partial charge in [-0.15, -0.1) is 0 Å². The lowest BCUT2D eigenvalue weighted by molar-refractivity contribution is -0.140. The fourth-order valence-electron chi connectivity index (χ4n) is 5.68. The van der Waals surface area contributed by atoms with Crippen LogP contribution in [0.4, 0.5) is 23.7 Å². The Morgan fingerprint density at radius 3 is 2.31 bits per heavy atom. The van der Waals surface area contributed by atoms with Crippen LogP contribution in [0.5, 0.6) is 0 Å². The lowest BCUT2D eigenvalue weighted by atomic mass is 9.90. The number of piperidine rings is 1. The van der Waals surface area contributed by atoms with Gasteiger partial charge in [-0.1, -0.05) is 48.5 Å². The number of hydrogen-bond acceptors (Lipinski definition) is 4. The molecule has 0 aliphatic carbocycles. The molecule has 2 aliphatic heterocycles. The minimum absolute atomic E-state index is 0.0259. The van der Waals surface area contributed by atoms with Crippen LogP contribution in [0.2, 0.25) is 0 Å². The van der Waals surface area contributed by atoms with Crippen molar-refractivity contribution in [2.75, 3.05) is 57.3 Å². The highest BCUT2D eigenvalue weighted by molar-refractivity contribution is 5.92. The van der Waals surface area contributed by atoms with Crippen LogP contribution < -0.4 is 10.2 Å². The summed E-state index contributed by atoms with van der Waals surface area (Å²) in [5.74, 6) is 0.527. The van der Waals surface area contributed by atoms with Gasteiger partial charge in [0.15, 0.2) is 0 Å². The van der Waals surface area contributed by atoms with Crippen molar-refractivity contribution in [3.8, 4) is 0 Å². The van der Waals surface area contributed by atoms with E-state index in [1.165, 1.54) is 11.6 Å². The van der Waals surface area contributed by atoms with E-state index in [1.807, 2.05) is 28.0 Å². The molecule has 1 aromatic heterocycles. The Hall–Kier alpha value is -3.33. The van der Waals surface area contributed by atoms with Crippen molar-refractivity contribution < 1.29 is 18.0 Å². The number of anilines is 1. The standard InChI is InChI=1S/C30H36F3N5O/c31-30(32,33)28-22-27(25-10-4-5-11-26(25)35-28)37-20-18-36(19-21-37)15-7-6-14-34-29(39)38-16-12-24(13-17-38)23-8-2-1-3-9-23/h1-5,8-11,22,24H,6-7,12-21H2,(H,34,39). The van der Waals surface area contributed by atoms with Crippen LogP contribution in [-0.4, -0.2) is 73.2 Å². The van der Waals surface area contributed by atoms with Gasteiger partial charge in [0.25, 0.3) is 0 Å². The molecule has 208 valence electrons. The van der Waals surface area contributed by atoms with E-state index >= 15 is 0 Å². The topological polar surface area (TPSA) is 51.7 Å². The molecule has 39 heavy (non-hydrogen) atoms. The maximum Gasteiger partial charge on any atom is 0.433 e. The van der Waals surface area contributed by atoms with Crippen molar-refractivity contribution in [3.05, 3.63) is 71.9 Å². The van der Waals surface area contributed by atoms with E-state index in [0.29, 0.717) is 36.8 Å². The average molecular weight is 540 g/mol. The van der Waals surface area contributed by atoms with Crippen LogP contribution in [-0.2, 0) is 6.18 Å². The van der Waals surface area contributed by atoms with Crippen LogP contribution >= 0.6 is 0 Å². The number of carbonyl (C=O) groups is 1. The maximum absolute atomic E-state index is 13.4. The van der Waals surface area contributed by atoms with E-state index in [4.69, 9.17) is 0 Å². The first-order valence-corrected chi connectivity index (χ1v) is 13.9. The third kappa shape index (κ3) is 6.82. The van der Waals surface area contributed by atoms with Gasteiger partial charge in [0.1, 0.15) is 5.69 Å². The highest BCUT2D eigenvalue weighted by atomic mass is 19.4. The van der Waals surface area contributed by atoms with E-state index in [1.54, 1.807) is 12.1 Å². The van der Waals surface area contributed by atoms with Gasteiger partial charge >= 0.3 is 12.2 Å². The van der Waals surface area contributed by atoms with Crippen molar-refractivity contribution in [2.24, 2.45) is 0 Å². The van der Waals surface area contributed by atoms with Gasteiger partial charge in [0.2, 0.25) is 0 Å². The zero-order chi connectivity index (χ0) is 27.2. The molecule has 9 heteroatoms. The van der Waals surface area contributed by atoms with Crippen molar-refractivity contribution in [3.63, 3.8) is 0 Å². The first-order valence-electron chi connectivity index (χ1n) is 13.9. The summed E-state index contributed by atoms with van der Waals surface area (Å²) in [5, 5.41) is 3.82. The number of carbonyl (C=O) groups excluding carboxylic acids is 1. The molecule has 3 aromatic rings. The Labute approximate surface area is 227 Å². The summed E-state index contributed by atoms with van der Waals surface area (Å²) >= 11 is 0. The number of para-hydroxylation sites is 1. The van der Waals surface area contributed by atoms with Crippen LogP contribution in [0, 0.1) is 0 Å². The first-order chi connectivity index (χ1) is 18.9. The second-order valence-corrected chi connectivity index (χ2v) is 10.5. The van der Waals surface area contributed by atoms with Gasteiger partial charge in [0, 0.05) is 56.9 Å². The van der Waals surface area contributed by atoms with Crippen molar-refractivity contribution in [1.82, 2.24) is 20.1 Å². The van der Waals surface area contributed by atoms with E-state index in [2.05, 4.69) is 39.5 Å². The summed E-state index contributed by atoms with van der Waals surface area (Å²) in [7, 11) is 0. The number of nitrogens with zero attached hydrogens (tertiary/aromatic N) is 4. The Balaban J connectivity index is 1.02. The Morgan fingerprint density at radius 1 is 0.897 bits per heavy atom. The maximum atomic E-state index is 13.4. The number of nitrogens with one attached hydrogen (secondary N) is 1. The number of unbranched alkanes of at least 4 members (excludes halogenated alkanes) is 1. The van der Waals surface area contributed by atoms with Gasteiger partial charge in [0.05, 0.1) is 5.52 Å². The van der Waals surface area contributed by atoms with Crippen molar-refractivity contribution in [1.29, 1.82) is 0 Å². The number of halogens is 3. The van der Waals surface area contributed by atoms with E-state index in [-0.39, 0.29) is 6.03 Å². The zero-order valence-electron chi connectivity index (χ0n) is 22.2. The van der Waals surface area contributed by atoms with Crippen LogP contribution in [0.1, 0.15) is 42.9 Å². The summed E-state index contributed by atoms with van der Waals surface area (Å²) in [6.45, 7) is 6.06.